The zero-order chi connectivity index (χ0) is 13.1. The Morgan fingerprint density at radius 2 is 2.22 bits per heavy atom. The van der Waals surface area contributed by atoms with Crippen LogP contribution in [0.4, 0.5) is 0 Å². The molecule has 0 bridgehead atoms. The SMILES string of the molecule is COc1cc(CCCC(=O)O)cc(Cl)c1C1CC1. The molecule has 4 heteroatoms. The Hall–Kier alpha value is -1.22. The van der Waals surface area contributed by atoms with E-state index in [1.54, 1.807) is 7.11 Å². The van der Waals surface area contributed by atoms with Crippen molar-refractivity contribution >= 4 is 17.6 Å². The van der Waals surface area contributed by atoms with Crippen molar-refractivity contribution < 1.29 is 14.6 Å². The van der Waals surface area contributed by atoms with Crippen LogP contribution in [0.5, 0.6) is 5.75 Å². The van der Waals surface area contributed by atoms with Gasteiger partial charge in [-0.1, -0.05) is 11.6 Å². The van der Waals surface area contributed by atoms with Gasteiger partial charge in [0, 0.05) is 17.0 Å². The number of rotatable bonds is 6. The van der Waals surface area contributed by atoms with Crippen molar-refractivity contribution in [2.24, 2.45) is 0 Å². The second kappa shape index (κ2) is 5.61. The van der Waals surface area contributed by atoms with E-state index in [0.29, 0.717) is 18.8 Å². The summed E-state index contributed by atoms with van der Waals surface area (Å²) in [5.74, 6) is 0.624. The number of ether oxygens (including phenoxy) is 1. The van der Waals surface area contributed by atoms with Crippen LogP contribution in [-0.4, -0.2) is 18.2 Å². The highest BCUT2D eigenvalue weighted by atomic mass is 35.5. The Kier molecular flexibility index (Phi) is 4.12. The molecular weight excluding hydrogens is 252 g/mol. The van der Waals surface area contributed by atoms with E-state index in [4.69, 9.17) is 21.4 Å². The highest BCUT2D eigenvalue weighted by molar-refractivity contribution is 6.31. The van der Waals surface area contributed by atoms with Gasteiger partial charge >= 0.3 is 5.97 Å². The maximum Gasteiger partial charge on any atom is 0.303 e. The number of halogens is 1. The van der Waals surface area contributed by atoms with Gasteiger partial charge in [0.2, 0.25) is 0 Å². The molecule has 0 saturated heterocycles. The molecular formula is C14H17ClO3. The summed E-state index contributed by atoms with van der Waals surface area (Å²) < 4.78 is 5.39. The van der Waals surface area contributed by atoms with Crippen LogP contribution in [0, 0.1) is 0 Å². The molecule has 0 amide bonds. The lowest BCUT2D eigenvalue weighted by molar-refractivity contribution is -0.137. The van der Waals surface area contributed by atoms with E-state index in [-0.39, 0.29) is 6.42 Å². The smallest absolute Gasteiger partial charge is 0.303 e. The third kappa shape index (κ3) is 3.16. The molecule has 0 atom stereocenters. The molecule has 0 heterocycles. The first-order valence-corrected chi connectivity index (χ1v) is 6.57. The van der Waals surface area contributed by atoms with Crippen LogP contribution in [0.3, 0.4) is 0 Å². The Morgan fingerprint density at radius 3 is 2.78 bits per heavy atom. The van der Waals surface area contributed by atoms with Crippen LogP contribution >= 0.6 is 11.6 Å². The molecule has 18 heavy (non-hydrogen) atoms. The van der Waals surface area contributed by atoms with Crippen molar-refractivity contribution in [2.45, 2.75) is 38.0 Å². The van der Waals surface area contributed by atoms with Crippen molar-refractivity contribution in [3.05, 3.63) is 28.3 Å². The van der Waals surface area contributed by atoms with Crippen LogP contribution in [-0.2, 0) is 11.2 Å². The summed E-state index contributed by atoms with van der Waals surface area (Å²) in [7, 11) is 1.65. The monoisotopic (exact) mass is 268 g/mol. The maximum absolute atomic E-state index is 10.5. The van der Waals surface area contributed by atoms with E-state index in [2.05, 4.69) is 0 Å². The predicted molar refractivity (Wildman–Crippen MR) is 70.6 cm³/mol. The highest BCUT2D eigenvalue weighted by Crippen LogP contribution is 2.48. The van der Waals surface area contributed by atoms with Crippen LogP contribution in [0.1, 0.15) is 42.7 Å². The van der Waals surface area contributed by atoms with Gasteiger partial charge in [0.1, 0.15) is 5.75 Å². The van der Waals surface area contributed by atoms with Gasteiger partial charge in [0.05, 0.1) is 7.11 Å². The Balaban J connectivity index is 2.12. The lowest BCUT2D eigenvalue weighted by Gasteiger charge is -2.12. The molecule has 0 unspecified atom stereocenters. The van der Waals surface area contributed by atoms with Crippen LogP contribution in [0.25, 0.3) is 0 Å². The number of carbonyl (C=O) groups is 1. The van der Waals surface area contributed by atoms with Crippen molar-refractivity contribution in [1.82, 2.24) is 0 Å². The summed E-state index contributed by atoms with van der Waals surface area (Å²) in [6.07, 6.45) is 3.87. The quantitative estimate of drug-likeness (QED) is 0.857. The third-order valence-corrected chi connectivity index (χ3v) is 3.53. The molecule has 98 valence electrons. The fourth-order valence-corrected chi connectivity index (χ4v) is 2.56. The number of hydrogen-bond acceptors (Lipinski definition) is 2. The van der Waals surface area contributed by atoms with E-state index in [9.17, 15) is 4.79 Å². The molecule has 0 aliphatic heterocycles. The second-order valence-electron chi connectivity index (χ2n) is 4.72. The maximum atomic E-state index is 10.5. The predicted octanol–water partition coefficient (Wildman–Crippen LogP) is 3.63. The van der Waals surface area contributed by atoms with E-state index < -0.39 is 5.97 Å². The number of aliphatic carboxylic acids is 1. The first-order valence-electron chi connectivity index (χ1n) is 6.20. The van der Waals surface area contributed by atoms with Gasteiger partial charge in [-0.05, 0) is 49.3 Å². The van der Waals surface area contributed by atoms with Crippen molar-refractivity contribution in [2.75, 3.05) is 7.11 Å². The molecule has 0 spiro atoms. The molecule has 1 saturated carbocycles. The summed E-state index contributed by atoms with van der Waals surface area (Å²) in [5.41, 5.74) is 2.16. The Morgan fingerprint density at radius 1 is 1.50 bits per heavy atom. The standard InChI is InChI=1S/C14H17ClO3/c1-18-12-8-9(3-2-4-13(16)17)7-11(15)14(12)10-5-6-10/h7-8,10H,2-6H2,1H3,(H,16,17). The minimum Gasteiger partial charge on any atom is -0.496 e. The summed E-state index contributed by atoms with van der Waals surface area (Å²) >= 11 is 6.29. The van der Waals surface area contributed by atoms with E-state index >= 15 is 0 Å². The topological polar surface area (TPSA) is 46.5 Å². The van der Waals surface area contributed by atoms with Crippen molar-refractivity contribution in [3.8, 4) is 5.75 Å². The minimum atomic E-state index is -0.761. The fraction of sp³-hybridized carbons (Fsp3) is 0.500. The van der Waals surface area contributed by atoms with E-state index in [0.717, 1.165) is 21.9 Å². The largest absolute Gasteiger partial charge is 0.496 e. The van der Waals surface area contributed by atoms with Crippen LogP contribution in [0.2, 0.25) is 5.02 Å². The number of benzene rings is 1. The second-order valence-corrected chi connectivity index (χ2v) is 5.12. The first kappa shape index (κ1) is 13.2. The Labute approximate surface area is 112 Å². The number of carboxylic acids is 1. The molecule has 2 rings (SSSR count). The molecule has 0 aromatic heterocycles. The van der Waals surface area contributed by atoms with E-state index in [1.807, 2.05) is 12.1 Å². The van der Waals surface area contributed by atoms with Crippen LogP contribution < -0.4 is 4.74 Å². The number of aryl methyl sites for hydroxylation is 1. The molecule has 1 fully saturated rings. The van der Waals surface area contributed by atoms with E-state index in [1.165, 1.54) is 12.8 Å². The molecule has 1 N–H and O–H groups in total. The lowest BCUT2D eigenvalue weighted by atomic mass is 10.0. The molecule has 1 aliphatic rings. The zero-order valence-electron chi connectivity index (χ0n) is 10.4. The minimum absolute atomic E-state index is 0.185. The van der Waals surface area contributed by atoms with Gasteiger partial charge < -0.3 is 9.84 Å². The summed E-state index contributed by atoms with van der Waals surface area (Å²) in [6, 6.07) is 3.93. The highest BCUT2D eigenvalue weighted by Gasteiger charge is 2.29. The van der Waals surface area contributed by atoms with Crippen molar-refractivity contribution in [1.29, 1.82) is 0 Å². The molecule has 1 aromatic carbocycles. The summed E-state index contributed by atoms with van der Waals surface area (Å²) in [5, 5.41) is 9.37. The summed E-state index contributed by atoms with van der Waals surface area (Å²) in [6.45, 7) is 0. The average molecular weight is 269 g/mol. The molecule has 1 aromatic rings. The summed E-state index contributed by atoms with van der Waals surface area (Å²) in [4.78, 5) is 10.5. The zero-order valence-corrected chi connectivity index (χ0v) is 11.2. The number of carboxylic acid groups (broad SMARTS) is 1. The Bertz CT molecular complexity index is 453. The van der Waals surface area contributed by atoms with Gasteiger partial charge in [-0.3, -0.25) is 4.79 Å². The molecule has 1 aliphatic carbocycles. The number of methoxy groups -OCH3 is 1. The number of hydrogen-bond donors (Lipinski definition) is 1. The van der Waals surface area contributed by atoms with Gasteiger partial charge in [0.25, 0.3) is 0 Å². The molecule has 3 nitrogen and oxygen atoms in total. The van der Waals surface area contributed by atoms with Gasteiger partial charge in [-0.25, -0.2) is 0 Å². The third-order valence-electron chi connectivity index (χ3n) is 3.21. The lowest BCUT2D eigenvalue weighted by Crippen LogP contribution is -1.98. The molecule has 0 radical (unpaired) electrons. The van der Waals surface area contributed by atoms with Crippen LogP contribution in [0.15, 0.2) is 12.1 Å². The average Bonchev–Trinajstić information content (AvgIpc) is 3.11. The first-order chi connectivity index (χ1) is 8.61. The normalized spacial score (nSPS) is 14.6. The van der Waals surface area contributed by atoms with Gasteiger partial charge in [-0.2, -0.15) is 0 Å². The van der Waals surface area contributed by atoms with Gasteiger partial charge in [0.15, 0.2) is 0 Å². The fourth-order valence-electron chi connectivity index (χ4n) is 2.17. The van der Waals surface area contributed by atoms with Gasteiger partial charge in [-0.15, -0.1) is 0 Å². The van der Waals surface area contributed by atoms with Crippen molar-refractivity contribution in [3.63, 3.8) is 0 Å².